The molecule has 0 aromatic carbocycles. The minimum atomic E-state index is -1.68. The van der Waals surface area contributed by atoms with Crippen molar-refractivity contribution in [3.8, 4) is 0 Å². The molecule has 0 bridgehead atoms. The summed E-state index contributed by atoms with van der Waals surface area (Å²) in [6.07, 6.45) is 16.2. The Bertz CT molecular complexity index is 947. The zero-order chi connectivity index (χ0) is 32.4. The molecule has 5 heteroatoms. The Hall–Kier alpha value is -0.916. The van der Waals surface area contributed by atoms with Crippen molar-refractivity contribution in [2.45, 2.75) is 120 Å². The monoisotopic (exact) mass is 620 g/mol. The predicted octanol–water partition coefficient (Wildman–Crippen LogP) is 11.2. The van der Waals surface area contributed by atoms with E-state index in [1.807, 2.05) is 31.4 Å². The van der Waals surface area contributed by atoms with Gasteiger partial charge in [-0.15, -0.1) is 13.2 Å². The Labute approximate surface area is 262 Å². The van der Waals surface area contributed by atoms with E-state index in [9.17, 15) is 5.11 Å². The molecule has 236 valence electrons. The van der Waals surface area contributed by atoms with Crippen molar-refractivity contribution in [3.05, 3.63) is 72.2 Å². The lowest BCUT2D eigenvalue weighted by molar-refractivity contribution is 0.156. The highest BCUT2D eigenvalue weighted by atomic mass is 35.6. The molecule has 0 spiro atoms. The van der Waals surface area contributed by atoms with Crippen LogP contribution >= 0.6 is 11.1 Å². The summed E-state index contributed by atoms with van der Waals surface area (Å²) in [4.78, 5) is 0. The molecule has 0 aromatic heterocycles. The lowest BCUT2D eigenvalue weighted by atomic mass is 9.77. The molecule has 6 atom stereocenters. The van der Waals surface area contributed by atoms with Gasteiger partial charge in [0.15, 0.2) is 7.38 Å². The largest absolute Gasteiger partial charge is 0.410 e. The van der Waals surface area contributed by atoms with E-state index in [4.69, 9.17) is 15.5 Å². The third kappa shape index (κ3) is 13.9. The van der Waals surface area contributed by atoms with Crippen molar-refractivity contribution in [2.24, 2.45) is 34.5 Å². The van der Waals surface area contributed by atoms with Gasteiger partial charge in [0.25, 0.3) is 0 Å². The standard InChI is InChI=1S/C18H32OSi.C14H24O.C4H9ClSi/c1-9-20(7,8)19-16(4)14(2)10-12-17-13-11-15(3)18(17,5)6;1-10(12(3)15)6-8-13-9-7-11(2)14(13,4)5;1-4-6(2,3)5/h9-12,14,16-17H,1,13H2,2-8H3;6-8,10,12-13,15H,9H2,1-5H3;4H,1H2,2-3H3/b12-10-;8-6+;. The molecule has 0 radical (unpaired) electrons. The highest BCUT2D eigenvalue weighted by molar-refractivity contribution is 7.21. The van der Waals surface area contributed by atoms with Gasteiger partial charge in [0.2, 0.25) is 8.32 Å². The van der Waals surface area contributed by atoms with Crippen LogP contribution in [0.15, 0.2) is 72.2 Å². The molecule has 0 aliphatic heterocycles. The Morgan fingerprint density at radius 1 is 0.829 bits per heavy atom. The molecular formula is C36H65ClO2Si2. The second kappa shape index (κ2) is 16.8. The molecule has 0 aromatic rings. The number of aliphatic hydroxyl groups is 1. The van der Waals surface area contributed by atoms with E-state index in [1.165, 1.54) is 17.6 Å². The third-order valence-corrected chi connectivity index (χ3v) is 12.9. The lowest BCUT2D eigenvalue weighted by Gasteiger charge is -2.29. The summed E-state index contributed by atoms with van der Waals surface area (Å²) in [6, 6.07) is 0. The van der Waals surface area contributed by atoms with Gasteiger partial charge in [0, 0.05) is 6.10 Å². The maximum absolute atomic E-state index is 9.41. The number of allylic oxidation sites excluding steroid dienone is 6. The van der Waals surface area contributed by atoms with Crippen LogP contribution < -0.4 is 0 Å². The van der Waals surface area contributed by atoms with Crippen molar-refractivity contribution in [3.63, 3.8) is 0 Å². The highest BCUT2D eigenvalue weighted by Crippen LogP contribution is 2.44. The van der Waals surface area contributed by atoms with E-state index in [0.717, 1.165) is 6.42 Å². The second-order valence-electron chi connectivity index (χ2n) is 14.5. The van der Waals surface area contributed by atoms with E-state index >= 15 is 0 Å². The average Bonchev–Trinajstić information content (AvgIpc) is 3.27. The molecule has 1 N–H and O–H groups in total. The Kier molecular flexibility index (Phi) is 16.4. The highest BCUT2D eigenvalue weighted by Gasteiger charge is 2.34. The van der Waals surface area contributed by atoms with Crippen LogP contribution in [-0.4, -0.2) is 33.0 Å². The number of halogens is 1. The predicted molar refractivity (Wildman–Crippen MR) is 191 cm³/mol. The quantitative estimate of drug-likeness (QED) is 0.149. The van der Waals surface area contributed by atoms with Crippen LogP contribution in [0.2, 0.25) is 26.2 Å². The van der Waals surface area contributed by atoms with Gasteiger partial charge in [0.1, 0.15) is 0 Å². The first-order chi connectivity index (χ1) is 18.5. The number of rotatable bonds is 10. The molecule has 2 rings (SSSR count). The van der Waals surface area contributed by atoms with Crippen molar-refractivity contribution in [2.75, 3.05) is 0 Å². The van der Waals surface area contributed by atoms with Crippen LogP contribution in [0.25, 0.3) is 0 Å². The third-order valence-electron chi connectivity index (χ3n) is 9.50. The average molecular weight is 622 g/mol. The van der Waals surface area contributed by atoms with Crippen LogP contribution in [0.3, 0.4) is 0 Å². The summed E-state index contributed by atoms with van der Waals surface area (Å²) >= 11 is 5.74. The van der Waals surface area contributed by atoms with Crippen LogP contribution in [0, 0.1) is 34.5 Å². The molecule has 0 fully saturated rings. The van der Waals surface area contributed by atoms with Crippen LogP contribution in [0.1, 0.15) is 82.1 Å². The molecule has 2 nitrogen and oxygen atoms in total. The molecule has 2 aliphatic rings. The fourth-order valence-electron chi connectivity index (χ4n) is 4.52. The van der Waals surface area contributed by atoms with Crippen molar-refractivity contribution in [1.82, 2.24) is 0 Å². The van der Waals surface area contributed by atoms with E-state index in [2.05, 4.69) is 125 Å². The van der Waals surface area contributed by atoms with Crippen molar-refractivity contribution in [1.29, 1.82) is 0 Å². The molecule has 41 heavy (non-hydrogen) atoms. The SMILES string of the molecule is C=C[Si](C)(C)Cl.C=C[Si](C)(C)OC(C)C(C)/C=C\C1CC=C(C)C1(C)C.CC1=CCC(/C=C/C(C)C(C)O)C1(C)C. The Morgan fingerprint density at radius 3 is 1.46 bits per heavy atom. The fraction of sp³-hybridized carbons (Fsp3) is 0.667. The summed E-state index contributed by atoms with van der Waals surface area (Å²) in [7, 11) is -3.08. The van der Waals surface area contributed by atoms with Crippen molar-refractivity contribution >= 4 is 26.8 Å². The van der Waals surface area contributed by atoms with Gasteiger partial charge in [-0.3, -0.25) is 0 Å². The molecule has 2 aliphatic carbocycles. The first-order valence-corrected chi connectivity index (χ1v) is 22.6. The maximum atomic E-state index is 9.41. The summed E-state index contributed by atoms with van der Waals surface area (Å²) < 4.78 is 6.19. The normalized spacial score (nSPS) is 24.8. The number of hydrogen-bond acceptors (Lipinski definition) is 2. The molecule has 6 unspecified atom stereocenters. The van der Waals surface area contributed by atoms with E-state index in [1.54, 1.807) is 0 Å². The summed E-state index contributed by atoms with van der Waals surface area (Å²) in [5, 5.41) is 9.41. The molecule has 0 amide bonds. The number of hydrogen-bond donors (Lipinski definition) is 1. The minimum absolute atomic E-state index is 0.250. The lowest BCUT2D eigenvalue weighted by Crippen LogP contribution is -2.34. The van der Waals surface area contributed by atoms with E-state index in [0.29, 0.717) is 23.2 Å². The molecule has 0 saturated carbocycles. The van der Waals surface area contributed by atoms with Gasteiger partial charge < -0.3 is 9.53 Å². The first kappa shape index (κ1) is 40.1. The zero-order valence-electron chi connectivity index (χ0n) is 29.1. The van der Waals surface area contributed by atoms with E-state index < -0.39 is 15.7 Å². The molecule has 0 saturated heterocycles. The smallest absolute Gasteiger partial charge is 0.210 e. The van der Waals surface area contributed by atoms with Crippen LogP contribution in [-0.2, 0) is 4.43 Å². The fourth-order valence-corrected chi connectivity index (χ4v) is 5.79. The van der Waals surface area contributed by atoms with E-state index in [-0.39, 0.29) is 23.5 Å². The Balaban J connectivity index is 0.000000669. The van der Waals surface area contributed by atoms with Gasteiger partial charge in [-0.25, -0.2) is 0 Å². The summed E-state index contributed by atoms with van der Waals surface area (Å²) in [5.74, 6) is 1.92. The second-order valence-corrected chi connectivity index (χ2v) is 24.8. The maximum Gasteiger partial charge on any atom is 0.210 e. The van der Waals surface area contributed by atoms with Crippen molar-refractivity contribution < 1.29 is 9.53 Å². The summed E-state index contributed by atoms with van der Waals surface area (Å²) in [6.45, 7) is 38.0. The van der Waals surface area contributed by atoms with Crippen LogP contribution in [0.5, 0.6) is 0 Å². The van der Waals surface area contributed by atoms with Gasteiger partial charge in [-0.05, 0) is 88.1 Å². The van der Waals surface area contributed by atoms with Gasteiger partial charge in [-0.1, -0.05) is 114 Å². The van der Waals surface area contributed by atoms with Gasteiger partial charge in [0.05, 0.1) is 6.10 Å². The first-order valence-electron chi connectivity index (χ1n) is 15.5. The Morgan fingerprint density at radius 2 is 1.20 bits per heavy atom. The van der Waals surface area contributed by atoms with Gasteiger partial charge >= 0.3 is 0 Å². The molecular weight excluding hydrogens is 556 g/mol. The van der Waals surface area contributed by atoms with Crippen LogP contribution in [0.4, 0.5) is 0 Å². The zero-order valence-corrected chi connectivity index (χ0v) is 31.9. The number of aliphatic hydroxyl groups excluding tert-OH is 1. The molecule has 0 heterocycles. The van der Waals surface area contributed by atoms with Gasteiger partial charge in [-0.2, -0.15) is 11.1 Å². The summed E-state index contributed by atoms with van der Waals surface area (Å²) in [5.41, 5.74) is 7.44. The topological polar surface area (TPSA) is 29.5 Å². The minimum Gasteiger partial charge on any atom is -0.410 e.